The van der Waals surface area contributed by atoms with Crippen molar-refractivity contribution in [1.29, 1.82) is 0 Å². The molecule has 1 aromatic heterocycles. The minimum absolute atomic E-state index is 0.121. The number of aromatic nitrogens is 2. The topological polar surface area (TPSA) is 67.3 Å². The number of methoxy groups -OCH3 is 1. The smallest absolute Gasteiger partial charge is 0.136 e. The molecule has 2 rings (SSSR count). The molecular weight excluding hydrogens is 266 g/mol. The molecule has 0 radical (unpaired) electrons. The molecule has 2 N–H and O–H groups in total. The summed E-state index contributed by atoms with van der Waals surface area (Å²) < 4.78 is 5.18. The lowest BCUT2D eigenvalue weighted by Gasteiger charge is -2.24. The normalized spacial score (nSPS) is 18.0. The van der Waals surface area contributed by atoms with Crippen LogP contribution in [0.3, 0.4) is 0 Å². The molecule has 1 heterocycles. The van der Waals surface area contributed by atoms with Crippen LogP contribution in [0.5, 0.6) is 0 Å². The van der Waals surface area contributed by atoms with Crippen LogP contribution in [0, 0.1) is 0 Å². The average Bonchev–Trinajstić information content (AvgIpc) is 2.83. The Labute approximate surface area is 127 Å². The zero-order chi connectivity index (χ0) is 15.5. The van der Waals surface area contributed by atoms with Gasteiger partial charge in [-0.15, -0.1) is 0 Å². The molecule has 1 aromatic rings. The van der Waals surface area contributed by atoms with E-state index in [4.69, 9.17) is 4.74 Å². The molecule has 0 atom stereocenters. The maximum absolute atomic E-state index is 10.4. The maximum Gasteiger partial charge on any atom is 0.136 e. The van der Waals surface area contributed by atoms with E-state index < -0.39 is 5.60 Å². The third-order valence-corrected chi connectivity index (χ3v) is 3.88. The average molecular weight is 293 g/mol. The highest BCUT2D eigenvalue weighted by Gasteiger charge is 2.31. The Bertz CT molecular complexity index is 477. The van der Waals surface area contributed by atoms with Gasteiger partial charge < -0.3 is 15.2 Å². The van der Waals surface area contributed by atoms with E-state index in [2.05, 4.69) is 36.1 Å². The quantitative estimate of drug-likeness (QED) is 0.873. The summed E-state index contributed by atoms with van der Waals surface area (Å²) in [6.45, 7) is 7.28. The minimum Gasteiger partial charge on any atom is -0.388 e. The number of nitrogens with one attached hydrogen (secondary N) is 1. The van der Waals surface area contributed by atoms with Gasteiger partial charge in [-0.25, -0.2) is 9.97 Å². The number of ether oxygens (including phenoxy) is 1. The van der Waals surface area contributed by atoms with Gasteiger partial charge in [-0.1, -0.05) is 33.6 Å². The molecule has 0 saturated heterocycles. The van der Waals surface area contributed by atoms with Gasteiger partial charge in [-0.3, -0.25) is 0 Å². The fourth-order valence-electron chi connectivity index (χ4n) is 2.61. The summed E-state index contributed by atoms with van der Waals surface area (Å²) in [6.07, 6.45) is 3.93. The van der Waals surface area contributed by atoms with E-state index in [1.54, 1.807) is 7.11 Å². The summed E-state index contributed by atoms with van der Waals surface area (Å²) in [7, 11) is 1.66. The molecule has 0 spiro atoms. The number of rotatable bonds is 5. The summed E-state index contributed by atoms with van der Waals surface area (Å²) in [6, 6.07) is 1.90. The van der Waals surface area contributed by atoms with Gasteiger partial charge in [0.25, 0.3) is 0 Å². The van der Waals surface area contributed by atoms with E-state index in [9.17, 15) is 5.11 Å². The standard InChI is InChI=1S/C16H27N3O2/c1-15(2,3)14-18-12(10-21-4)9-13(19-14)17-11-16(20)7-5-6-8-16/h9,20H,5-8,10-11H2,1-4H3,(H,17,18,19). The van der Waals surface area contributed by atoms with Crippen LogP contribution in [-0.4, -0.2) is 34.3 Å². The van der Waals surface area contributed by atoms with E-state index in [1.807, 2.05) is 6.07 Å². The Morgan fingerprint density at radius 3 is 2.52 bits per heavy atom. The number of nitrogens with zero attached hydrogens (tertiary/aromatic N) is 2. The highest BCUT2D eigenvalue weighted by molar-refractivity contribution is 5.37. The van der Waals surface area contributed by atoms with E-state index in [0.717, 1.165) is 43.0 Å². The summed E-state index contributed by atoms with van der Waals surface area (Å²) in [5.41, 5.74) is 0.150. The van der Waals surface area contributed by atoms with Crippen LogP contribution in [0.25, 0.3) is 0 Å². The van der Waals surface area contributed by atoms with Crippen LogP contribution >= 0.6 is 0 Å². The Kier molecular flexibility index (Phi) is 4.84. The van der Waals surface area contributed by atoms with Gasteiger partial charge in [-0.2, -0.15) is 0 Å². The molecule has 0 amide bonds. The molecule has 1 fully saturated rings. The van der Waals surface area contributed by atoms with Gasteiger partial charge in [0.1, 0.15) is 11.6 Å². The first-order valence-electron chi connectivity index (χ1n) is 7.66. The van der Waals surface area contributed by atoms with Crippen LogP contribution in [0.4, 0.5) is 5.82 Å². The third kappa shape index (κ3) is 4.38. The maximum atomic E-state index is 10.4. The van der Waals surface area contributed by atoms with Crippen molar-refractivity contribution >= 4 is 5.82 Å². The third-order valence-electron chi connectivity index (χ3n) is 3.88. The van der Waals surface area contributed by atoms with Crippen molar-refractivity contribution in [3.63, 3.8) is 0 Å². The first-order valence-corrected chi connectivity index (χ1v) is 7.66. The lowest BCUT2D eigenvalue weighted by Crippen LogP contribution is -2.34. The Morgan fingerprint density at radius 2 is 1.95 bits per heavy atom. The molecule has 1 aliphatic rings. The second-order valence-electron chi connectivity index (χ2n) is 7.04. The largest absolute Gasteiger partial charge is 0.388 e. The fourth-order valence-corrected chi connectivity index (χ4v) is 2.61. The first-order chi connectivity index (χ1) is 9.82. The van der Waals surface area contributed by atoms with E-state index in [0.29, 0.717) is 13.2 Å². The molecule has 1 saturated carbocycles. The first kappa shape index (κ1) is 16.2. The van der Waals surface area contributed by atoms with Gasteiger partial charge in [0.2, 0.25) is 0 Å². The zero-order valence-corrected chi connectivity index (χ0v) is 13.6. The van der Waals surface area contributed by atoms with Crippen molar-refractivity contribution in [1.82, 2.24) is 9.97 Å². The second-order valence-corrected chi connectivity index (χ2v) is 7.04. The number of hydrogen-bond acceptors (Lipinski definition) is 5. The summed E-state index contributed by atoms with van der Waals surface area (Å²) >= 11 is 0. The highest BCUT2D eigenvalue weighted by Crippen LogP contribution is 2.29. The van der Waals surface area contributed by atoms with Crippen molar-refractivity contribution in [3.05, 3.63) is 17.6 Å². The van der Waals surface area contributed by atoms with Gasteiger partial charge >= 0.3 is 0 Å². The van der Waals surface area contributed by atoms with Crippen LogP contribution < -0.4 is 5.32 Å². The molecule has 0 unspecified atom stereocenters. The van der Waals surface area contributed by atoms with Crippen molar-refractivity contribution in [2.24, 2.45) is 0 Å². The lowest BCUT2D eigenvalue weighted by atomic mass is 9.95. The predicted molar refractivity (Wildman–Crippen MR) is 83.4 cm³/mol. The number of anilines is 1. The molecule has 5 heteroatoms. The summed E-state index contributed by atoms with van der Waals surface area (Å²) in [5, 5.41) is 13.7. The molecule has 0 aromatic carbocycles. The summed E-state index contributed by atoms with van der Waals surface area (Å²) in [5.74, 6) is 1.56. The highest BCUT2D eigenvalue weighted by atomic mass is 16.5. The molecular formula is C16H27N3O2. The summed E-state index contributed by atoms with van der Waals surface area (Å²) in [4.78, 5) is 9.14. The predicted octanol–water partition coefficient (Wildman–Crippen LogP) is 2.64. The fraction of sp³-hybridized carbons (Fsp3) is 0.750. The van der Waals surface area contributed by atoms with Crippen molar-refractivity contribution in [2.45, 2.75) is 64.1 Å². The zero-order valence-electron chi connectivity index (χ0n) is 13.6. The van der Waals surface area contributed by atoms with Crippen LogP contribution in [0.1, 0.15) is 58.0 Å². The molecule has 0 aliphatic heterocycles. The monoisotopic (exact) mass is 293 g/mol. The second kappa shape index (κ2) is 6.28. The molecule has 118 valence electrons. The van der Waals surface area contributed by atoms with Gasteiger partial charge in [0.05, 0.1) is 17.9 Å². The van der Waals surface area contributed by atoms with Crippen molar-refractivity contribution < 1.29 is 9.84 Å². The Morgan fingerprint density at radius 1 is 1.29 bits per heavy atom. The van der Waals surface area contributed by atoms with E-state index in [1.165, 1.54) is 0 Å². The van der Waals surface area contributed by atoms with E-state index in [-0.39, 0.29) is 5.41 Å². The van der Waals surface area contributed by atoms with Crippen LogP contribution in [-0.2, 0) is 16.8 Å². The van der Waals surface area contributed by atoms with Crippen molar-refractivity contribution in [3.8, 4) is 0 Å². The SMILES string of the molecule is COCc1cc(NCC2(O)CCCC2)nc(C(C)(C)C)n1. The molecule has 1 aliphatic carbocycles. The molecule has 0 bridgehead atoms. The lowest BCUT2D eigenvalue weighted by molar-refractivity contribution is 0.0614. The number of aliphatic hydroxyl groups is 1. The van der Waals surface area contributed by atoms with Crippen molar-refractivity contribution in [2.75, 3.05) is 19.0 Å². The van der Waals surface area contributed by atoms with Gasteiger partial charge in [-0.05, 0) is 12.8 Å². The Hall–Kier alpha value is -1.20. The molecule has 21 heavy (non-hydrogen) atoms. The van der Waals surface area contributed by atoms with Crippen LogP contribution in [0.2, 0.25) is 0 Å². The number of hydrogen-bond donors (Lipinski definition) is 2. The van der Waals surface area contributed by atoms with Gasteiger partial charge in [0, 0.05) is 25.1 Å². The van der Waals surface area contributed by atoms with Gasteiger partial charge in [0.15, 0.2) is 0 Å². The molecule has 5 nitrogen and oxygen atoms in total. The van der Waals surface area contributed by atoms with Crippen LogP contribution in [0.15, 0.2) is 6.07 Å². The minimum atomic E-state index is -0.589. The van der Waals surface area contributed by atoms with E-state index >= 15 is 0 Å². The Balaban J connectivity index is 2.15.